The Kier molecular flexibility index (Phi) is 17.3. The van der Waals surface area contributed by atoms with Crippen LogP contribution in [0.2, 0.25) is 0 Å². The number of hydrogen-bond acceptors (Lipinski definition) is 3. The molecule has 0 saturated heterocycles. The SMILES string of the molecule is C=O.CC.COC.COC/C=C/c1ccc2c(c1)CCC2. The molecule has 0 atom stereocenters. The molecule has 0 aliphatic heterocycles. The van der Waals surface area contributed by atoms with E-state index in [2.05, 4.69) is 35.1 Å². The van der Waals surface area contributed by atoms with E-state index in [1.165, 1.54) is 36.0 Å². The van der Waals surface area contributed by atoms with Crippen LogP contribution < -0.4 is 0 Å². The zero-order valence-electron chi connectivity index (χ0n) is 14.1. The summed E-state index contributed by atoms with van der Waals surface area (Å²) in [5.41, 5.74) is 4.36. The Morgan fingerprint density at radius 3 is 2.24 bits per heavy atom. The first-order chi connectivity index (χ1) is 10.3. The van der Waals surface area contributed by atoms with Crippen LogP contribution in [0.25, 0.3) is 6.08 Å². The van der Waals surface area contributed by atoms with Crippen molar-refractivity contribution in [2.75, 3.05) is 27.9 Å². The van der Waals surface area contributed by atoms with Crippen LogP contribution in [0.15, 0.2) is 24.3 Å². The molecule has 0 fully saturated rings. The predicted molar refractivity (Wildman–Crippen MR) is 90.8 cm³/mol. The van der Waals surface area contributed by atoms with Crippen molar-refractivity contribution in [2.24, 2.45) is 0 Å². The molecule has 0 bridgehead atoms. The van der Waals surface area contributed by atoms with Gasteiger partial charge in [0.05, 0.1) is 6.61 Å². The van der Waals surface area contributed by atoms with Crippen molar-refractivity contribution in [3.63, 3.8) is 0 Å². The molecule has 21 heavy (non-hydrogen) atoms. The topological polar surface area (TPSA) is 35.5 Å². The van der Waals surface area contributed by atoms with Crippen LogP contribution in [-0.2, 0) is 27.1 Å². The van der Waals surface area contributed by atoms with Gasteiger partial charge in [-0.1, -0.05) is 44.2 Å². The molecule has 0 heterocycles. The third-order valence-electron chi connectivity index (χ3n) is 2.70. The zero-order valence-corrected chi connectivity index (χ0v) is 14.1. The first kappa shape index (κ1) is 21.8. The van der Waals surface area contributed by atoms with Gasteiger partial charge in [-0.05, 0) is 36.0 Å². The Bertz CT molecular complexity index is 373. The Morgan fingerprint density at radius 2 is 1.67 bits per heavy atom. The van der Waals surface area contributed by atoms with Crippen LogP contribution in [0, 0.1) is 0 Å². The van der Waals surface area contributed by atoms with E-state index in [4.69, 9.17) is 9.53 Å². The van der Waals surface area contributed by atoms with Gasteiger partial charge in [0.1, 0.15) is 6.79 Å². The van der Waals surface area contributed by atoms with Crippen molar-refractivity contribution in [2.45, 2.75) is 33.1 Å². The van der Waals surface area contributed by atoms with Gasteiger partial charge >= 0.3 is 0 Å². The van der Waals surface area contributed by atoms with Gasteiger partial charge in [-0.25, -0.2) is 0 Å². The Labute approximate surface area is 130 Å². The van der Waals surface area contributed by atoms with E-state index in [9.17, 15) is 0 Å². The van der Waals surface area contributed by atoms with Gasteiger partial charge in [-0.2, -0.15) is 0 Å². The number of hydrogen-bond donors (Lipinski definition) is 0. The quantitative estimate of drug-likeness (QED) is 0.847. The molecular weight excluding hydrogens is 264 g/mol. The van der Waals surface area contributed by atoms with Gasteiger partial charge in [0.2, 0.25) is 0 Å². The Balaban J connectivity index is 0. The second-order valence-corrected chi connectivity index (χ2v) is 4.15. The minimum atomic E-state index is 0.692. The van der Waals surface area contributed by atoms with Crippen LogP contribution in [0.3, 0.4) is 0 Å². The number of methoxy groups -OCH3 is 2. The van der Waals surface area contributed by atoms with Crippen molar-refractivity contribution in [1.29, 1.82) is 0 Å². The van der Waals surface area contributed by atoms with Gasteiger partial charge in [0.25, 0.3) is 0 Å². The summed E-state index contributed by atoms with van der Waals surface area (Å²) in [6, 6.07) is 6.75. The average molecular weight is 294 g/mol. The van der Waals surface area contributed by atoms with E-state index < -0.39 is 0 Å². The van der Waals surface area contributed by atoms with Crippen molar-refractivity contribution in [1.82, 2.24) is 0 Å². The highest BCUT2D eigenvalue weighted by molar-refractivity contribution is 5.52. The fourth-order valence-electron chi connectivity index (χ4n) is 1.98. The van der Waals surface area contributed by atoms with E-state index in [1.807, 2.05) is 20.6 Å². The minimum absolute atomic E-state index is 0.692. The third kappa shape index (κ3) is 9.99. The summed E-state index contributed by atoms with van der Waals surface area (Å²) in [6.07, 6.45) is 8.01. The van der Waals surface area contributed by atoms with Gasteiger partial charge in [-0.15, -0.1) is 0 Å². The number of carbonyl (C=O) groups is 1. The summed E-state index contributed by atoms with van der Waals surface area (Å²) in [7, 11) is 4.97. The molecule has 1 aromatic carbocycles. The summed E-state index contributed by atoms with van der Waals surface area (Å²) in [6.45, 7) is 6.69. The van der Waals surface area contributed by atoms with Gasteiger partial charge in [0.15, 0.2) is 0 Å². The molecule has 3 nitrogen and oxygen atoms in total. The van der Waals surface area contributed by atoms with Crippen LogP contribution in [0.1, 0.15) is 37.0 Å². The second kappa shape index (κ2) is 16.6. The molecular formula is C18H30O3. The lowest BCUT2D eigenvalue weighted by molar-refractivity contribution is -0.0979. The first-order valence-electron chi connectivity index (χ1n) is 7.28. The number of ether oxygens (including phenoxy) is 2. The van der Waals surface area contributed by atoms with Crippen molar-refractivity contribution in [3.05, 3.63) is 41.0 Å². The van der Waals surface area contributed by atoms with Crippen molar-refractivity contribution < 1.29 is 14.3 Å². The fraction of sp³-hybridized carbons (Fsp3) is 0.500. The molecule has 0 N–H and O–H groups in total. The molecule has 1 aliphatic carbocycles. The van der Waals surface area contributed by atoms with Crippen LogP contribution in [-0.4, -0.2) is 34.7 Å². The lowest BCUT2D eigenvalue weighted by atomic mass is 10.1. The normalized spacial score (nSPS) is 11.3. The van der Waals surface area contributed by atoms with E-state index >= 15 is 0 Å². The van der Waals surface area contributed by atoms with E-state index in [1.54, 1.807) is 21.3 Å². The first-order valence-corrected chi connectivity index (χ1v) is 7.28. The molecule has 0 radical (unpaired) electrons. The number of fused-ring (bicyclic) bond motifs is 1. The molecule has 3 heteroatoms. The largest absolute Gasteiger partial charge is 0.388 e. The molecule has 0 amide bonds. The molecule has 1 aliphatic rings. The summed E-state index contributed by atoms with van der Waals surface area (Å²) >= 11 is 0. The molecule has 2 rings (SSSR count). The van der Waals surface area contributed by atoms with Crippen LogP contribution >= 0.6 is 0 Å². The van der Waals surface area contributed by atoms with E-state index in [0.29, 0.717) is 6.61 Å². The molecule has 0 spiro atoms. The smallest absolute Gasteiger partial charge is 0.106 e. The van der Waals surface area contributed by atoms with Crippen LogP contribution in [0.4, 0.5) is 0 Å². The van der Waals surface area contributed by atoms with Crippen molar-refractivity contribution >= 4 is 12.9 Å². The highest BCUT2D eigenvalue weighted by Gasteiger charge is 2.09. The highest BCUT2D eigenvalue weighted by Crippen LogP contribution is 2.23. The number of benzene rings is 1. The maximum absolute atomic E-state index is 8.00. The Hall–Kier alpha value is -1.45. The lowest BCUT2D eigenvalue weighted by Crippen LogP contribution is -1.84. The van der Waals surface area contributed by atoms with Gasteiger partial charge < -0.3 is 14.3 Å². The number of aryl methyl sites for hydroxylation is 2. The van der Waals surface area contributed by atoms with Crippen LogP contribution in [0.5, 0.6) is 0 Å². The summed E-state index contributed by atoms with van der Waals surface area (Å²) in [5, 5.41) is 0. The minimum Gasteiger partial charge on any atom is -0.388 e. The van der Waals surface area contributed by atoms with E-state index in [0.717, 1.165) is 0 Å². The standard InChI is InChI=1S/C13H16O.C2H6O.C2H6.CH2O/c1-14-9-3-4-11-7-8-12-5-2-6-13(12)10-11;1-3-2;2*1-2/h3-4,7-8,10H,2,5-6,9H2,1H3;1-2H3;1-2H3;1H2/b4-3+;;;. The number of carbonyl (C=O) groups excluding carboxylic acids is 1. The van der Waals surface area contributed by atoms with Crippen molar-refractivity contribution in [3.8, 4) is 0 Å². The highest BCUT2D eigenvalue weighted by atomic mass is 16.5. The predicted octanol–water partition coefficient (Wildman–Crippen LogP) is 3.94. The summed E-state index contributed by atoms with van der Waals surface area (Å²) < 4.78 is 9.22. The fourth-order valence-corrected chi connectivity index (χ4v) is 1.98. The monoisotopic (exact) mass is 294 g/mol. The van der Waals surface area contributed by atoms with Gasteiger partial charge in [-0.3, -0.25) is 0 Å². The second-order valence-electron chi connectivity index (χ2n) is 4.15. The zero-order chi connectivity index (χ0) is 16.5. The van der Waals surface area contributed by atoms with Gasteiger partial charge in [0, 0.05) is 21.3 Å². The van der Waals surface area contributed by atoms with E-state index in [-0.39, 0.29) is 0 Å². The summed E-state index contributed by atoms with van der Waals surface area (Å²) in [5.74, 6) is 0. The Morgan fingerprint density at radius 1 is 1.10 bits per heavy atom. The molecule has 1 aromatic rings. The molecule has 0 saturated carbocycles. The maximum atomic E-state index is 8.00. The molecule has 0 unspecified atom stereocenters. The maximum Gasteiger partial charge on any atom is 0.106 e. The average Bonchev–Trinajstić information content (AvgIpc) is 3.00. The summed E-state index contributed by atoms with van der Waals surface area (Å²) in [4.78, 5) is 8.00. The third-order valence-corrected chi connectivity index (χ3v) is 2.70. The molecule has 120 valence electrons. The molecule has 0 aromatic heterocycles. The number of rotatable bonds is 3. The lowest BCUT2D eigenvalue weighted by Gasteiger charge is -2.00.